The molecule has 0 aromatic carbocycles. The normalized spacial score (nSPS) is 12.5. The van der Waals surface area contributed by atoms with Crippen LogP contribution in [0.5, 0.6) is 0 Å². The maximum Gasteiger partial charge on any atom is 0.305 e. The molecule has 0 bridgehead atoms. The number of esters is 1. The molecule has 0 heterocycles. The highest BCUT2D eigenvalue weighted by Gasteiger charge is 2.18. The fraction of sp³-hybridized carbons (Fsp3) is 0.942. The van der Waals surface area contributed by atoms with E-state index in [1.807, 2.05) is 6.08 Å². The Kier molecular flexibility index (Phi) is 63.9. The third kappa shape index (κ3) is 61.7. The van der Waals surface area contributed by atoms with Crippen molar-refractivity contribution in [2.24, 2.45) is 0 Å². The lowest BCUT2D eigenvalue weighted by Gasteiger charge is -2.20. The Morgan fingerprint density at radius 3 is 0.907 bits per heavy atom. The van der Waals surface area contributed by atoms with Gasteiger partial charge in [0.1, 0.15) is 0 Å². The fourth-order valence-electron chi connectivity index (χ4n) is 11.1. The van der Waals surface area contributed by atoms with E-state index in [4.69, 9.17) is 4.74 Å². The number of unbranched alkanes of at least 4 members (excludes halogenated alkanes) is 54. The second-order valence-corrected chi connectivity index (χ2v) is 23.9. The SMILES string of the molecule is CCCCCCCCCCCCCCCCCCCCCCCC/C=C/C(O)C(CO)NC(=O)CCCCCCCCCCCCCCCCCCCCCCCOC(=O)CCCCCCCCCCCCCCC. The first-order valence-corrected chi connectivity index (χ1v) is 34.5. The van der Waals surface area contributed by atoms with Crippen molar-refractivity contribution >= 4 is 11.9 Å². The number of allylic oxidation sites excluding steroid dienone is 1. The van der Waals surface area contributed by atoms with Crippen molar-refractivity contribution in [1.29, 1.82) is 0 Å². The molecule has 0 aromatic rings. The Bertz CT molecular complexity index is 1130. The van der Waals surface area contributed by atoms with E-state index in [2.05, 4.69) is 19.2 Å². The molecular formula is C69H135NO5. The maximum absolute atomic E-state index is 12.5. The van der Waals surface area contributed by atoms with E-state index < -0.39 is 12.1 Å². The van der Waals surface area contributed by atoms with E-state index in [1.165, 1.54) is 327 Å². The molecule has 2 atom stereocenters. The van der Waals surface area contributed by atoms with Crippen LogP contribution in [0, 0.1) is 0 Å². The number of ether oxygens (including phenoxy) is 1. The third-order valence-corrected chi connectivity index (χ3v) is 16.3. The molecule has 0 spiro atoms. The number of hydrogen-bond donors (Lipinski definition) is 3. The van der Waals surface area contributed by atoms with Gasteiger partial charge in [0.15, 0.2) is 0 Å². The zero-order chi connectivity index (χ0) is 54.3. The second-order valence-electron chi connectivity index (χ2n) is 23.9. The van der Waals surface area contributed by atoms with E-state index in [-0.39, 0.29) is 18.5 Å². The molecule has 3 N–H and O–H groups in total. The van der Waals surface area contributed by atoms with Gasteiger partial charge < -0.3 is 20.3 Å². The molecule has 0 saturated heterocycles. The van der Waals surface area contributed by atoms with Crippen molar-refractivity contribution < 1.29 is 24.5 Å². The summed E-state index contributed by atoms with van der Waals surface area (Å²) in [6.45, 7) is 4.94. The monoisotopic (exact) mass is 1060 g/mol. The number of amides is 1. The van der Waals surface area contributed by atoms with E-state index >= 15 is 0 Å². The molecule has 0 radical (unpaired) electrons. The molecule has 75 heavy (non-hydrogen) atoms. The van der Waals surface area contributed by atoms with E-state index in [1.54, 1.807) is 6.08 Å². The number of nitrogens with one attached hydrogen (secondary N) is 1. The molecule has 6 nitrogen and oxygen atoms in total. The van der Waals surface area contributed by atoms with Gasteiger partial charge in [-0.2, -0.15) is 0 Å². The van der Waals surface area contributed by atoms with Crippen LogP contribution in [0.25, 0.3) is 0 Å². The number of aliphatic hydroxyl groups excluding tert-OH is 2. The van der Waals surface area contributed by atoms with Crippen molar-refractivity contribution in [3.63, 3.8) is 0 Å². The lowest BCUT2D eigenvalue weighted by atomic mass is 10.0. The molecule has 0 aliphatic rings. The van der Waals surface area contributed by atoms with Crippen LogP contribution >= 0.6 is 0 Å². The highest BCUT2D eigenvalue weighted by Crippen LogP contribution is 2.19. The highest BCUT2D eigenvalue weighted by molar-refractivity contribution is 5.76. The van der Waals surface area contributed by atoms with Gasteiger partial charge in [-0.15, -0.1) is 0 Å². The topological polar surface area (TPSA) is 95.9 Å². The Morgan fingerprint density at radius 2 is 0.613 bits per heavy atom. The zero-order valence-corrected chi connectivity index (χ0v) is 51.1. The first-order valence-electron chi connectivity index (χ1n) is 34.5. The molecule has 1 amide bonds. The summed E-state index contributed by atoms with van der Waals surface area (Å²) >= 11 is 0. The summed E-state index contributed by atoms with van der Waals surface area (Å²) in [5, 5.41) is 23.3. The van der Waals surface area contributed by atoms with Crippen LogP contribution in [-0.2, 0) is 14.3 Å². The fourth-order valence-corrected chi connectivity index (χ4v) is 11.1. The van der Waals surface area contributed by atoms with Gasteiger partial charge >= 0.3 is 5.97 Å². The average Bonchev–Trinajstić information content (AvgIpc) is 3.41. The predicted molar refractivity (Wildman–Crippen MR) is 329 cm³/mol. The van der Waals surface area contributed by atoms with E-state index in [9.17, 15) is 19.8 Å². The molecule has 0 fully saturated rings. The first-order chi connectivity index (χ1) is 37.0. The summed E-state index contributed by atoms with van der Waals surface area (Å²) in [5.41, 5.74) is 0. The molecule has 6 heteroatoms. The van der Waals surface area contributed by atoms with Crippen LogP contribution in [-0.4, -0.2) is 47.4 Å². The molecule has 0 saturated carbocycles. The Morgan fingerprint density at radius 1 is 0.360 bits per heavy atom. The van der Waals surface area contributed by atoms with Gasteiger partial charge in [-0.05, 0) is 32.1 Å². The van der Waals surface area contributed by atoms with Crippen LogP contribution in [0.2, 0.25) is 0 Å². The summed E-state index contributed by atoms with van der Waals surface area (Å²) in [6, 6.07) is -0.629. The molecule has 0 aromatic heterocycles. The van der Waals surface area contributed by atoms with Gasteiger partial charge in [-0.3, -0.25) is 9.59 Å². The quantitative estimate of drug-likeness (QED) is 0.0320. The van der Waals surface area contributed by atoms with E-state index in [0.717, 1.165) is 38.5 Å². The smallest absolute Gasteiger partial charge is 0.305 e. The van der Waals surface area contributed by atoms with Crippen LogP contribution in [0.4, 0.5) is 0 Å². The lowest BCUT2D eigenvalue weighted by Crippen LogP contribution is -2.45. The van der Waals surface area contributed by atoms with Crippen LogP contribution in [0.1, 0.15) is 393 Å². The van der Waals surface area contributed by atoms with Gasteiger partial charge in [0.05, 0.1) is 25.4 Å². The number of hydrogen-bond acceptors (Lipinski definition) is 5. The molecule has 446 valence electrons. The number of carbonyl (C=O) groups excluding carboxylic acids is 2. The number of carbonyl (C=O) groups is 2. The minimum Gasteiger partial charge on any atom is -0.466 e. The van der Waals surface area contributed by atoms with Crippen molar-refractivity contribution in [2.45, 2.75) is 405 Å². The summed E-state index contributed by atoms with van der Waals surface area (Å²) in [6.07, 6.45) is 79.9. The largest absolute Gasteiger partial charge is 0.466 e. The molecular weight excluding hydrogens is 923 g/mol. The summed E-state index contributed by atoms with van der Waals surface area (Å²) in [5.74, 6) is -0.0499. The maximum atomic E-state index is 12.5. The summed E-state index contributed by atoms with van der Waals surface area (Å²) in [4.78, 5) is 24.6. The van der Waals surface area contributed by atoms with Crippen LogP contribution in [0.15, 0.2) is 12.2 Å². The second kappa shape index (κ2) is 65.1. The van der Waals surface area contributed by atoms with Gasteiger partial charge in [0, 0.05) is 12.8 Å². The minimum absolute atomic E-state index is 0.0141. The van der Waals surface area contributed by atoms with E-state index in [0.29, 0.717) is 19.4 Å². The summed E-state index contributed by atoms with van der Waals surface area (Å²) in [7, 11) is 0. The van der Waals surface area contributed by atoms with Gasteiger partial charge in [-0.1, -0.05) is 360 Å². The average molecular weight is 1060 g/mol. The number of rotatable bonds is 65. The van der Waals surface area contributed by atoms with Crippen molar-refractivity contribution in [3.05, 3.63) is 12.2 Å². The lowest BCUT2D eigenvalue weighted by molar-refractivity contribution is -0.143. The standard InChI is InChI=1S/C69H135NO5/c1-3-5-7-9-11-13-15-17-18-19-20-21-22-23-25-28-31-34-38-41-45-49-53-57-61-67(72)66(65-71)70-68(73)62-58-54-50-46-42-39-35-32-29-26-24-27-30-33-36-40-44-48-52-56-60-64-75-69(74)63-59-55-51-47-43-37-16-14-12-10-8-6-4-2/h57,61,66-67,71-72H,3-56,58-60,62-65H2,1-2H3,(H,70,73)/b61-57+. The first kappa shape index (κ1) is 73.6. The molecule has 0 aliphatic heterocycles. The van der Waals surface area contributed by atoms with Crippen LogP contribution in [0.3, 0.4) is 0 Å². The third-order valence-electron chi connectivity index (χ3n) is 16.3. The summed E-state index contributed by atoms with van der Waals surface area (Å²) < 4.78 is 5.49. The number of aliphatic hydroxyl groups is 2. The van der Waals surface area contributed by atoms with Gasteiger partial charge in [-0.25, -0.2) is 0 Å². The Balaban J connectivity index is 3.41. The predicted octanol–water partition coefficient (Wildman–Crippen LogP) is 22.0. The Hall–Kier alpha value is -1.40. The molecule has 2 unspecified atom stereocenters. The van der Waals surface area contributed by atoms with Crippen LogP contribution < -0.4 is 5.32 Å². The molecule has 0 aliphatic carbocycles. The van der Waals surface area contributed by atoms with Gasteiger partial charge in [0.2, 0.25) is 5.91 Å². The van der Waals surface area contributed by atoms with Crippen molar-refractivity contribution in [2.75, 3.05) is 13.2 Å². The highest BCUT2D eigenvalue weighted by atomic mass is 16.5. The Labute approximate surface area is 469 Å². The molecule has 0 rings (SSSR count). The van der Waals surface area contributed by atoms with Crippen molar-refractivity contribution in [3.8, 4) is 0 Å². The zero-order valence-electron chi connectivity index (χ0n) is 51.1. The minimum atomic E-state index is -0.846. The van der Waals surface area contributed by atoms with Gasteiger partial charge in [0.25, 0.3) is 0 Å². The van der Waals surface area contributed by atoms with Crippen molar-refractivity contribution in [1.82, 2.24) is 5.32 Å².